The SMILES string of the molecule is CCC(CC(F)(F)C=CC(=O)O)N1CCOCC1. The summed E-state index contributed by atoms with van der Waals surface area (Å²) in [6.45, 7) is 4.28. The second kappa shape index (κ2) is 6.80. The Balaban J connectivity index is 2.57. The fourth-order valence-corrected chi connectivity index (χ4v) is 2.05. The van der Waals surface area contributed by atoms with Crippen molar-refractivity contribution in [3.63, 3.8) is 0 Å². The summed E-state index contributed by atoms with van der Waals surface area (Å²) in [5.41, 5.74) is 0. The van der Waals surface area contributed by atoms with Gasteiger partial charge in [-0.15, -0.1) is 0 Å². The summed E-state index contributed by atoms with van der Waals surface area (Å²) in [6, 6.07) is -0.248. The van der Waals surface area contributed by atoms with E-state index in [1.54, 1.807) is 0 Å². The molecule has 1 rings (SSSR count). The number of carboxylic acid groups (broad SMARTS) is 1. The second-order valence-electron chi connectivity index (χ2n) is 4.35. The maximum Gasteiger partial charge on any atom is 0.328 e. The fourth-order valence-electron chi connectivity index (χ4n) is 2.05. The molecule has 0 aromatic rings. The molecule has 0 amide bonds. The van der Waals surface area contributed by atoms with Crippen LogP contribution in [0.1, 0.15) is 19.8 Å². The van der Waals surface area contributed by atoms with Crippen molar-refractivity contribution in [3.05, 3.63) is 12.2 Å². The highest BCUT2D eigenvalue weighted by molar-refractivity contribution is 5.79. The number of rotatable bonds is 6. The Morgan fingerprint density at radius 1 is 1.50 bits per heavy atom. The number of morpholine rings is 1. The van der Waals surface area contributed by atoms with Crippen molar-refractivity contribution >= 4 is 5.97 Å². The highest BCUT2D eigenvalue weighted by Gasteiger charge is 2.32. The normalized spacial score (nSPS) is 20.2. The average Bonchev–Trinajstić information content (AvgIpc) is 2.35. The van der Waals surface area contributed by atoms with Gasteiger partial charge in [-0.3, -0.25) is 4.90 Å². The zero-order valence-corrected chi connectivity index (χ0v) is 10.4. The zero-order valence-electron chi connectivity index (χ0n) is 10.4. The van der Waals surface area contributed by atoms with Crippen LogP contribution in [-0.2, 0) is 9.53 Å². The van der Waals surface area contributed by atoms with Crippen molar-refractivity contribution in [3.8, 4) is 0 Å². The number of hydrogen-bond donors (Lipinski definition) is 1. The quantitative estimate of drug-likeness (QED) is 0.742. The third-order valence-electron chi connectivity index (χ3n) is 3.01. The zero-order chi connectivity index (χ0) is 13.6. The summed E-state index contributed by atoms with van der Waals surface area (Å²) in [5, 5.41) is 8.37. The van der Waals surface area contributed by atoms with E-state index in [0.29, 0.717) is 44.9 Å². The van der Waals surface area contributed by atoms with E-state index in [4.69, 9.17) is 9.84 Å². The lowest BCUT2D eigenvalue weighted by molar-refractivity contribution is -0.131. The van der Waals surface area contributed by atoms with E-state index in [2.05, 4.69) is 0 Å². The van der Waals surface area contributed by atoms with Gasteiger partial charge in [0.25, 0.3) is 5.92 Å². The first kappa shape index (κ1) is 15.0. The van der Waals surface area contributed by atoms with E-state index >= 15 is 0 Å². The molecule has 6 heteroatoms. The van der Waals surface area contributed by atoms with Crippen molar-refractivity contribution in [1.29, 1.82) is 0 Å². The molecule has 0 bridgehead atoms. The summed E-state index contributed by atoms with van der Waals surface area (Å²) < 4.78 is 32.3. The van der Waals surface area contributed by atoms with Crippen molar-refractivity contribution in [2.45, 2.75) is 31.7 Å². The highest BCUT2D eigenvalue weighted by Crippen LogP contribution is 2.26. The molecule has 1 heterocycles. The molecule has 1 unspecified atom stereocenters. The van der Waals surface area contributed by atoms with Crippen LogP contribution in [0.2, 0.25) is 0 Å². The van der Waals surface area contributed by atoms with Crippen LogP contribution in [0.3, 0.4) is 0 Å². The van der Waals surface area contributed by atoms with E-state index in [1.165, 1.54) is 0 Å². The lowest BCUT2D eigenvalue weighted by atomic mass is 10.0. The molecule has 0 spiro atoms. The molecule has 1 aliphatic rings. The Hall–Kier alpha value is -1.01. The third kappa shape index (κ3) is 5.10. The van der Waals surface area contributed by atoms with Gasteiger partial charge in [0.15, 0.2) is 0 Å². The average molecular weight is 263 g/mol. The minimum atomic E-state index is -3.09. The van der Waals surface area contributed by atoms with Gasteiger partial charge in [-0.25, -0.2) is 13.6 Å². The van der Waals surface area contributed by atoms with Crippen LogP contribution in [0.25, 0.3) is 0 Å². The summed E-state index contributed by atoms with van der Waals surface area (Å²) in [4.78, 5) is 12.2. The maximum absolute atomic E-state index is 13.6. The van der Waals surface area contributed by atoms with E-state index in [9.17, 15) is 13.6 Å². The predicted molar refractivity (Wildman–Crippen MR) is 62.8 cm³/mol. The van der Waals surface area contributed by atoms with Crippen molar-refractivity contribution in [2.24, 2.45) is 0 Å². The van der Waals surface area contributed by atoms with Gasteiger partial charge in [-0.05, 0) is 12.5 Å². The predicted octanol–water partition coefficient (Wildman–Crippen LogP) is 1.76. The highest BCUT2D eigenvalue weighted by atomic mass is 19.3. The van der Waals surface area contributed by atoms with Gasteiger partial charge in [0.1, 0.15) is 0 Å². The van der Waals surface area contributed by atoms with Gasteiger partial charge >= 0.3 is 5.97 Å². The van der Waals surface area contributed by atoms with Crippen LogP contribution in [-0.4, -0.2) is 54.2 Å². The number of alkyl halides is 2. The fraction of sp³-hybridized carbons (Fsp3) is 0.750. The molecule has 0 saturated carbocycles. The first-order chi connectivity index (χ1) is 8.44. The second-order valence-corrected chi connectivity index (χ2v) is 4.35. The Bertz CT molecular complexity index is 302. The summed E-state index contributed by atoms with van der Waals surface area (Å²) in [6.07, 6.45) is 1.23. The summed E-state index contributed by atoms with van der Waals surface area (Å²) >= 11 is 0. The standard InChI is InChI=1S/C12H19F2NO3/c1-2-10(15-5-7-18-8-6-15)9-12(13,14)4-3-11(16)17/h3-4,10H,2,5-9H2,1H3,(H,16,17). The Labute approximate surface area is 105 Å². The van der Waals surface area contributed by atoms with E-state index in [0.717, 1.165) is 0 Å². The molecular formula is C12H19F2NO3. The van der Waals surface area contributed by atoms with Crippen LogP contribution >= 0.6 is 0 Å². The number of allylic oxidation sites excluding steroid dienone is 1. The Morgan fingerprint density at radius 3 is 2.61 bits per heavy atom. The molecular weight excluding hydrogens is 244 g/mol. The van der Waals surface area contributed by atoms with Gasteiger partial charge in [0.05, 0.1) is 13.2 Å². The molecule has 1 aliphatic heterocycles. The van der Waals surface area contributed by atoms with Crippen molar-refractivity contribution < 1.29 is 23.4 Å². The van der Waals surface area contributed by atoms with Gasteiger partial charge in [0.2, 0.25) is 0 Å². The molecule has 1 saturated heterocycles. The first-order valence-electron chi connectivity index (χ1n) is 6.06. The van der Waals surface area contributed by atoms with Crippen LogP contribution < -0.4 is 0 Å². The minimum absolute atomic E-state index is 0.248. The van der Waals surface area contributed by atoms with E-state index < -0.39 is 11.9 Å². The molecule has 0 radical (unpaired) electrons. The Morgan fingerprint density at radius 2 is 2.11 bits per heavy atom. The van der Waals surface area contributed by atoms with E-state index in [-0.39, 0.29) is 12.5 Å². The first-order valence-corrected chi connectivity index (χ1v) is 6.06. The van der Waals surface area contributed by atoms with Gasteiger partial charge in [0, 0.05) is 31.6 Å². The lowest BCUT2D eigenvalue weighted by Crippen LogP contribution is -2.45. The van der Waals surface area contributed by atoms with Gasteiger partial charge in [-0.1, -0.05) is 6.92 Å². The number of ether oxygens (including phenoxy) is 1. The largest absolute Gasteiger partial charge is 0.478 e. The molecule has 1 fully saturated rings. The van der Waals surface area contributed by atoms with Crippen LogP contribution in [0.4, 0.5) is 8.78 Å². The summed E-state index contributed by atoms with van der Waals surface area (Å²) in [7, 11) is 0. The van der Waals surface area contributed by atoms with Crippen LogP contribution in [0, 0.1) is 0 Å². The number of carboxylic acids is 1. The molecule has 1 N–H and O–H groups in total. The smallest absolute Gasteiger partial charge is 0.328 e. The number of aliphatic carboxylic acids is 1. The number of carbonyl (C=O) groups is 1. The number of hydrogen-bond acceptors (Lipinski definition) is 3. The van der Waals surface area contributed by atoms with Gasteiger partial charge in [-0.2, -0.15) is 0 Å². The van der Waals surface area contributed by atoms with E-state index in [1.807, 2.05) is 11.8 Å². The van der Waals surface area contributed by atoms with Crippen LogP contribution in [0.5, 0.6) is 0 Å². The molecule has 104 valence electrons. The monoisotopic (exact) mass is 263 g/mol. The Kier molecular flexibility index (Phi) is 5.68. The van der Waals surface area contributed by atoms with Crippen LogP contribution in [0.15, 0.2) is 12.2 Å². The minimum Gasteiger partial charge on any atom is -0.478 e. The molecule has 4 nitrogen and oxygen atoms in total. The number of halogens is 2. The molecule has 1 atom stereocenters. The van der Waals surface area contributed by atoms with Crippen molar-refractivity contribution in [2.75, 3.05) is 26.3 Å². The molecule has 0 aromatic carbocycles. The summed E-state index contributed by atoms with van der Waals surface area (Å²) in [5.74, 6) is -4.44. The van der Waals surface area contributed by atoms with Crippen molar-refractivity contribution in [1.82, 2.24) is 4.90 Å². The maximum atomic E-state index is 13.6. The number of nitrogens with zero attached hydrogens (tertiary/aromatic N) is 1. The topological polar surface area (TPSA) is 49.8 Å². The molecule has 18 heavy (non-hydrogen) atoms. The lowest BCUT2D eigenvalue weighted by Gasteiger charge is -2.35. The third-order valence-corrected chi connectivity index (χ3v) is 3.01. The van der Waals surface area contributed by atoms with Gasteiger partial charge < -0.3 is 9.84 Å². The molecule has 0 aliphatic carbocycles. The molecule has 0 aromatic heterocycles.